The van der Waals surface area contributed by atoms with Crippen LogP contribution in [-0.2, 0) is 30.4 Å². The normalized spacial score (nSPS) is 13.4. The molecule has 0 saturated carbocycles. The second-order valence-electron chi connectivity index (χ2n) is 9.67. The molecule has 0 spiro atoms. The molecule has 0 rings (SSSR count). The van der Waals surface area contributed by atoms with E-state index >= 15 is 0 Å². The first-order valence-electron chi connectivity index (χ1n) is 15.0. The van der Waals surface area contributed by atoms with Crippen molar-refractivity contribution < 1.29 is 30.4 Å². The summed E-state index contributed by atoms with van der Waals surface area (Å²) in [6.45, 7) is 22.0. The van der Waals surface area contributed by atoms with Crippen LogP contribution in [0.1, 0.15) is 60.8 Å². The van der Waals surface area contributed by atoms with Gasteiger partial charge in [0.1, 0.15) is 0 Å². The number of nitrogens with zero attached hydrogens (tertiary/aromatic N) is 3. The SMILES string of the molecule is CCN(CC)CCC[Si](OC)(OC)O[Si](CCCN(CC)CC)(OC)O[Si](CCCN(CC)CC)(OC)OC. The Kier molecular flexibility index (Phi) is 22.0. The molecule has 10 nitrogen and oxygen atoms in total. The van der Waals surface area contributed by atoms with E-state index in [-0.39, 0.29) is 0 Å². The smallest absolute Gasteiger partial charge is 0.378 e. The number of hydrogen-bond acceptors (Lipinski definition) is 10. The topological polar surface area (TPSA) is 74.3 Å². The van der Waals surface area contributed by atoms with E-state index in [4.69, 9.17) is 30.4 Å². The number of rotatable bonds is 27. The molecule has 236 valence electrons. The second-order valence-corrected chi connectivity index (χ2v) is 18.9. The van der Waals surface area contributed by atoms with Gasteiger partial charge in [0.05, 0.1) is 0 Å². The third-order valence-electron chi connectivity index (χ3n) is 7.73. The Hall–Kier alpha value is 0.251. The molecule has 0 atom stereocenters. The highest BCUT2D eigenvalue weighted by Gasteiger charge is 2.57. The second kappa shape index (κ2) is 21.9. The van der Waals surface area contributed by atoms with Crippen LogP contribution in [0.3, 0.4) is 0 Å². The summed E-state index contributed by atoms with van der Waals surface area (Å²) < 4.78 is 44.3. The molecule has 0 saturated heterocycles. The van der Waals surface area contributed by atoms with Crippen molar-refractivity contribution in [1.29, 1.82) is 0 Å². The lowest BCUT2D eigenvalue weighted by Crippen LogP contribution is -2.63. The summed E-state index contributed by atoms with van der Waals surface area (Å²) in [7, 11) is -1.13. The molecule has 0 aromatic carbocycles. The fraction of sp³-hybridized carbons (Fsp3) is 1.00. The van der Waals surface area contributed by atoms with E-state index in [0.717, 1.165) is 78.2 Å². The minimum Gasteiger partial charge on any atom is -0.378 e. The molecule has 0 radical (unpaired) electrons. The highest BCUT2D eigenvalue weighted by molar-refractivity contribution is 6.80. The van der Waals surface area contributed by atoms with E-state index in [9.17, 15) is 0 Å². The van der Waals surface area contributed by atoms with Crippen molar-refractivity contribution in [2.45, 2.75) is 78.9 Å². The van der Waals surface area contributed by atoms with Gasteiger partial charge < -0.3 is 45.1 Å². The zero-order valence-electron chi connectivity index (χ0n) is 27.3. The van der Waals surface area contributed by atoms with Gasteiger partial charge in [-0.25, -0.2) is 0 Å². The molecule has 0 unspecified atom stereocenters. The van der Waals surface area contributed by atoms with E-state index in [0.29, 0.717) is 18.1 Å². The maximum atomic E-state index is 6.92. The van der Waals surface area contributed by atoms with Crippen LogP contribution < -0.4 is 0 Å². The van der Waals surface area contributed by atoms with E-state index in [1.807, 2.05) is 0 Å². The standard InChI is InChI=1S/C26H63N3O7Si3/c1-12-27(13-2)21-18-24-37(30-7,31-8)35-39(34-11,26-20-23-29(16-5)17-6)36-38(32-9,33-10)25-19-22-28(14-3)15-4/h12-26H2,1-11H3. The van der Waals surface area contributed by atoms with Crippen LogP contribution in [0.5, 0.6) is 0 Å². The summed E-state index contributed by atoms with van der Waals surface area (Å²) in [5.41, 5.74) is 0. The molecule has 0 aliphatic carbocycles. The molecule has 13 heteroatoms. The molecule has 0 aliphatic rings. The zero-order chi connectivity index (χ0) is 29.8. The van der Waals surface area contributed by atoms with Gasteiger partial charge in [-0.3, -0.25) is 0 Å². The monoisotopic (exact) mass is 613 g/mol. The minimum absolute atomic E-state index is 0.634. The number of hydrogen-bond donors (Lipinski definition) is 0. The van der Waals surface area contributed by atoms with Gasteiger partial charge in [0.25, 0.3) is 0 Å². The fourth-order valence-corrected chi connectivity index (χ4v) is 15.9. The van der Waals surface area contributed by atoms with Crippen molar-refractivity contribution in [2.24, 2.45) is 0 Å². The molecular weight excluding hydrogens is 551 g/mol. The summed E-state index contributed by atoms with van der Waals surface area (Å²) in [6, 6.07) is 2.00. The Labute approximate surface area is 244 Å². The highest BCUT2D eigenvalue weighted by atomic mass is 28.5. The lowest BCUT2D eigenvalue weighted by molar-refractivity contribution is 0.0682. The Balaban J connectivity index is 6.06. The van der Waals surface area contributed by atoms with Gasteiger partial charge in [-0.1, -0.05) is 41.5 Å². The molecule has 0 heterocycles. The molecule has 0 bridgehead atoms. The van der Waals surface area contributed by atoms with Crippen molar-refractivity contribution in [2.75, 3.05) is 94.5 Å². The molecule has 39 heavy (non-hydrogen) atoms. The van der Waals surface area contributed by atoms with Crippen molar-refractivity contribution in [3.05, 3.63) is 0 Å². The van der Waals surface area contributed by atoms with Crippen LogP contribution >= 0.6 is 0 Å². The van der Waals surface area contributed by atoms with Crippen LogP contribution in [0.15, 0.2) is 0 Å². The summed E-state index contributed by atoms with van der Waals surface area (Å²) in [5.74, 6) is 0. The van der Waals surface area contributed by atoms with Crippen molar-refractivity contribution in [3.8, 4) is 0 Å². The first-order chi connectivity index (χ1) is 18.7. The summed E-state index contributed by atoms with van der Waals surface area (Å²) in [4.78, 5) is 7.20. The first-order valence-corrected chi connectivity index (χ1v) is 20.8. The van der Waals surface area contributed by atoms with Crippen molar-refractivity contribution in [1.82, 2.24) is 14.7 Å². The Morgan fingerprint density at radius 3 is 0.821 bits per heavy atom. The third-order valence-corrected chi connectivity index (χ3v) is 18.7. The van der Waals surface area contributed by atoms with Crippen LogP contribution in [0, 0.1) is 0 Å². The first kappa shape index (κ1) is 39.3. The van der Waals surface area contributed by atoms with E-state index in [1.54, 1.807) is 35.5 Å². The lowest BCUT2D eigenvalue weighted by Gasteiger charge is -2.41. The quantitative estimate of drug-likeness (QED) is 0.126. The molecule has 0 aliphatic heterocycles. The van der Waals surface area contributed by atoms with Crippen molar-refractivity contribution >= 4 is 26.4 Å². The van der Waals surface area contributed by atoms with Gasteiger partial charge in [-0.05, 0) is 78.2 Å². The van der Waals surface area contributed by atoms with Crippen LogP contribution in [0.2, 0.25) is 18.1 Å². The molecule has 0 aromatic heterocycles. The largest absolute Gasteiger partial charge is 0.493 e. The van der Waals surface area contributed by atoms with E-state index in [2.05, 4.69) is 56.2 Å². The minimum atomic E-state index is -3.33. The highest BCUT2D eigenvalue weighted by Crippen LogP contribution is 2.32. The van der Waals surface area contributed by atoms with Gasteiger partial charge >= 0.3 is 26.4 Å². The third kappa shape index (κ3) is 13.8. The average Bonchev–Trinajstić information content (AvgIpc) is 2.98. The predicted molar refractivity (Wildman–Crippen MR) is 166 cm³/mol. The molecule has 0 aromatic rings. The average molecular weight is 614 g/mol. The van der Waals surface area contributed by atoms with E-state index < -0.39 is 26.4 Å². The molecular formula is C26H63N3O7Si3. The van der Waals surface area contributed by atoms with Crippen molar-refractivity contribution in [3.63, 3.8) is 0 Å². The summed E-state index contributed by atoms with van der Waals surface area (Å²) >= 11 is 0. The fourth-order valence-electron chi connectivity index (χ4n) is 4.80. The van der Waals surface area contributed by atoms with Crippen LogP contribution in [0.4, 0.5) is 0 Å². The Morgan fingerprint density at radius 2 is 0.615 bits per heavy atom. The molecule has 0 fully saturated rings. The molecule has 0 amide bonds. The van der Waals surface area contributed by atoms with Crippen LogP contribution in [0.25, 0.3) is 0 Å². The van der Waals surface area contributed by atoms with Crippen LogP contribution in [-0.4, -0.2) is 136 Å². The predicted octanol–water partition coefficient (Wildman–Crippen LogP) is 4.26. The zero-order valence-corrected chi connectivity index (χ0v) is 30.3. The van der Waals surface area contributed by atoms with Gasteiger partial charge in [-0.2, -0.15) is 0 Å². The van der Waals surface area contributed by atoms with E-state index in [1.165, 1.54) is 0 Å². The lowest BCUT2D eigenvalue weighted by atomic mass is 10.4. The Morgan fingerprint density at radius 1 is 0.385 bits per heavy atom. The van der Waals surface area contributed by atoms with Gasteiger partial charge in [0, 0.05) is 53.7 Å². The maximum Gasteiger partial charge on any atom is 0.493 e. The summed E-state index contributed by atoms with van der Waals surface area (Å²) in [5, 5.41) is 0. The summed E-state index contributed by atoms with van der Waals surface area (Å²) in [6.07, 6.45) is 2.69. The van der Waals surface area contributed by atoms with Gasteiger partial charge in [-0.15, -0.1) is 0 Å². The molecule has 0 N–H and O–H groups in total. The maximum absolute atomic E-state index is 6.92. The van der Waals surface area contributed by atoms with Gasteiger partial charge in [0.15, 0.2) is 0 Å². The van der Waals surface area contributed by atoms with Gasteiger partial charge in [0.2, 0.25) is 0 Å². The Bertz CT molecular complexity index is 543.